The van der Waals surface area contributed by atoms with Gasteiger partial charge in [-0.1, -0.05) is 26.8 Å². The molecule has 5 atom stereocenters. The summed E-state index contributed by atoms with van der Waals surface area (Å²) in [6.45, 7) is 9.75. The summed E-state index contributed by atoms with van der Waals surface area (Å²) in [6.07, 6.45) is 6.11. The van der Waals surface area contributed by atoms with Crippen LogP contribution in [-0.2, 0) is 29.2 Å². The van der Waals surface area contributed by atoms with Crippen molar-refractivity contribution in [1.82, 2.24) is 14.6 Å². The van der Waals surface area contributed by atoms with Crippen LogP contribution in [0.2, 0.25) is 0 Å². The number of hydrogen-bond donors (Lipinski definition) is 1. The van der Waals surface area contributed by atoms with Crippen molar-refractivity contribution in [2.24, 2.45) is 40.4 Å². The molecule has 2 heterocycles. The Bertz CT molecular complexity index is 1850. The van der Waals surface area contributed by atoms with Crippen molar-refractivity contribution in [1.29, 1.82) is 0 Å². The van der Waals surface area contributed by atoms with E-state index in [4.69, 9.17) is 9.47 Å². The van der Waals surface area contributed by atoms with Crippen molar-refractivity contribution < 1.29 is 37.1 Å². The number of aromatic nitrogens is 1. The van der Waals surface area contributed by atoms with Crippen LogP contribution in [0.3, 0.4) is 0 Å². The molecule has 2 aromatic rings. The van der Waals surface area contributed by atoms with E-state index >= 15 is 0 Å². The normalized spacial score (nSPS) is 30.4. The fourth-order valence-corrected chi connectivity index (χ4v) is 9.75. The van der Waals surface area contributed by atoms with Gasteiger partial charge in [-0.05, 0) is 84.9 Å². The molecule has 5 aliphatic carbocycles. The monoisotopic (exact) mass is 705 g/mol. The average Bonchev–Trinajstić information content (AvgIpc) is 3.94. The molecule has 2 bridgehead atoms. The lowest BCUT2D eigenvalue weighted by Crippen LogP contribution is -2.55. The highest BCUT2D eigenvalue weighted by atomic mass is 32.2. The van der Waals surface area contributed by atoms with Gasteiger partial charge in [0.05, 0.1) is 30.4 Å². The van der Waals surface area contributed by atoms with Crippen molar-refractivity contribution in [3.05, 3.63) is 43.1 Å². The topological polar surface area (TPSA) is 149 Å². The van der Waals surface area contributed by atoms with Crippen molar-refractivity contribution in [2.45, 2.75) is 89.5 Å². The van der Waals surface area contributed by atoms with Gasteiger partial charge in [0.1, 0.15) is 17.6 Å². The lowest BCUT2D eigenvalue weighted by atomic mass is 9.46. The number of methoxy groups -OCH3 is 1. The molecule has 1 aliphatic heterocycles. The number of benzene rings is 1. The number of likely N-dealkylation sites (tertiary alicyclic amines) is 1. The highest BCUT2D eigenvalue weighted by Crippen LogP contribution is 2.60. The van der Waals surface area contributed by atoms with Gasteiger partial charge >= 0.3 is 0 Å². The van der Waals surface area contributed by atoms with E-state index in [1.807, 2.05) is 45.0 Å². The Kier molecular flexibility index (Phi) is 8.63. The van der Waals surface area contributed by atoms with E-state index in [1.165, 1.54) is 0 Å². The number of carbonyl (C=O) groups is 4. The molecule has 1 saturated heterocycles. The van der Waals surface area contributed by atoms with Crippen LogP contribution in [0.25, 0.3) is 10.8 Å². The maximum absolute atomic E-state index is 14.6. The van der Waals surface area contributed by atoms with E-state index in [0.717, 1.165) is 23.6 Å². The molecule has 11 nitrogen and oxygen atoms in total. The Morgan fingerprint density at radius 3 is 2.40 bits per heavy atom. The van der Waals surface area contributed by atoms with Gasteiger partial charge in [-0.2, -0.15) is 0 Å². The summed E-state index contributed by atoms with van der Waals surface area (Å²) in [5.74, 6) is -0.304. The number of ether oxygens (including phenoxy) is 2. The molecular formula is C38H47N3O8S. The number of allylic oxidation sites excluding steroid dienone is 1. The molecule has 2 amide bonds. The maximum atomic E-state index is 14.6. The van der Waals surface area contributed by atoms with Gasteiger partial charge in [-0.25, -0.2) is 13.4 Å². The number of fused-ring (bicyclic) bond motifs is 1. The van der Waals surface area contributed by atoms with Crippen LogP contribution < -0.4 is 14.2 Å². The van der Waals surface area contributed by atoms with Crippen molar-refractivity contribution in [2.75, 3.05) is 13.7 Å². The zero-order valence-electron chi connectivity index (χ0n) is 29.2. The molecule has 8 rings (SSSR count). The number of Topliss-reactive ketones (excluding diaryl/α,β-unsaturated/α-hetero) is 2. The third kappa shape index (κ3) is 6.22. The van der Waals surface area contributed by atoms with Gasteiger partial charge in [0.15, 0.2) is 5.78 Å². The molecule has 1 N–H and O–H groups in total. The molecule has 0 spiro atoms. The number of carbonyl (C=O) groups excluding carboxylic acids is 4. The summed E-state index contributed by atoms with van der Waals surface area (Å²) in [4.78, 5) is 62.0. The summed E-state index contributed by atoms with van der Waals surface area (Å²) in [5.41, 5.74) is -1.82. The fraction of sp³-hybridized carbons (Fsp3) is 0.605. The second-order valence-electron chi connectivity index (χ2n) is 16.3. The molecule has 268 valence electrons. The number of nitrogens with one attached hydrogen (secondary N) is 1. The van der Waals surface area contributed by atoms with Gasteiger partial charge in [-0.3, -0.25) is 23.9 Å². The van der Waals surface area contributed by atoms with E-state index in [0.29, 0.717) is 42.7 Å². The predicted octanol–water partition coefficient (Wildman–Crippen LogP) is 4.63. The quantitative estimate of drug-likeness (QED) is 0.278. The Morgan fingerprint density at radius 2 is 1.82 bits per heavy atom. The molecule has 50 heavy (non-hydrogen) atoms. The van der Waals surface area contributed by atoms with Crippen LogP contribution in [0.1, 0.15) is 72.1 Å². The predicted molar refractivity (Wildman–Crippen MR) is 186 cm³/mol. The molecule has 0 radical (unpaired) electrons. The first kappa shape index (κ1) is 34.6. The average molecular weight is 706 g/mol. The first-order valence-electron chi connectivity index (χ1n) is 17.8. The van der Waals surface area contributed by atoms with Crippen LogP contribution in [0.4, 0.5) is 0 Å². The van der Waals surface area contributed by atoms with Gasteiger partial charge < -0.3 is 14.4 Å². The van der Waals surface area contributed by atoms with E-state index in [-0.39, 0.29) is 55.1 Å². The van der Waals surface area contributed by atoms with Crippen molar-refractivity contribution >= 4 is 44.2 Å². The highest BCUT2D eigenvalue weighted by Gasteiger charge is 2.62. The number of amides is 2. The SMILES string of the molecule is C=C[C@@H]1C[C@]1(CC(=O)[C@@H]1CC(Oc2nccc3cc(OC)ccc23)CN1C(=O)[C@@H](CC(=O)C1C2CC1C2)C(C)(C)C)C(=O)NS(=O)(=O)C1CC1. The lowest BCUT2D eigenvalue weighted by Gasteiger charge is -2.57. The van der Waals surface area contributed by atoms with Gasteiger partial charge in [0.2, 0.25) is 27.7 Å². The second-order valence-corrected chi connectivity index (χ2v) is 18.3. The maximum Gasteiger partial charge on any atom is 0.240 e. The standard InChI is InChI=1S/C38H47N3O8S/c1-6-24-18-38(24,36(45)40-50(46,47)27-8-9-27)19-32(43)30-16-26(49-34-28-10-7-25(48-5)15-21(28)11-12-39-34)20-41(30)35(44)29(37(2,3)4)17-31(42)33-22-13-23(33)14-22/h6-7,10-12,15,22-24,26-27,29-30,33H,1,8-9,13-14,16-20H2,2-5H3,(H,40,45)/t22?,23?,24-,26?,29-,30+,33?,38-/m1/s1. The Morgan fingerprint density at radius 1 is 1.10 bits per heavy atom. The number of hydrogen-bond acceptors (Lipinski definition) is 9. The van der Waals surface area contributed by atoms with Gasteiger partial charge in [0.25, 0.3) is 0 Å². The van der Waals surface area contributed by atoms with E-state index in [1.54, 1.807) is 24.3 Å². The summed E-state index contributed by atoms with van der Waals surface area (Å²) < 4.78 is 39.5. The van der Waals surface area contributed by atoms with Crippen LogP contribution in [0.15, 0.2) is 43.1 Å². The minimum absolute atomic E-state index is 0.0341. The van der Waals surface area contributed by atoms with Gasteiger partial charge in [0, 0.05) is 42.7 Å². The number of rotatable bonds is 14. The largest absolute Gasteiger partial charge is 0.497 e. The summed E-state index contributed by atoms with van der Waals surface area (Å²) in [6, 6.07) is 6.44. The first-order valence-corrected chi connectivity index (χ1v) is 19.3. The summed E-state index contributed by atoms with van der Waals surface area (Å²) >= 11 is 0. The Balaban J connectivity index is 1.16. The number of ketones is 2. The third-order valence-corrected chi connectivity index (χ3v) is 13.9. The fourth-order valence-electron chi connectivity index (χ4n) is 8.36. The van der Waals surface area contributed by atoms with Crippen LogP contribution in [0.5, 0.6) is 11.6 Å². The van der Waals surface area contributed by atoms with Crippen LogP contribution in [-0.4, -0.2) is 72.7 Å². The van der Waals surface area contributed by atoms with E-state index < -0.39 is 50.1 Å². The number of sulfonamides is 1. The molecule has 5 saturated carbocycles. The molecule has 6 aliphatic rings. The van der Waals surface area contributed by atoms with E-state index in [2.05, 4.69) is 16.3 Å². The third-order valence-electron chi connectivity index (χ3n) is 12.0. The van der Waals surface area contributed by atoms with Crippen LogP contribution in [0, 0.1) is 40.4 Å². The minimum atomic E-state index is -3.83. The molecule has 1 unspecified atom stereocenters. The smallest absolute Gasteiger partial charge is 0.240 e. The van der Waals surface area contributed by atoms with Crippen LogP contribution >= 0.6 is 0 Å². The summed E-state index contributed by atoms with van der Waals surface area (Å²) in [7, 11) is -2.24. The highest BCUT2D eigenvalue weighted by molar-refractivity contribution is 7.90. The zero-order valence-corrected chi connectivity index (χ0v) is 30.0. The zero-order chi connectivity index (χ0) is 35.7. The second kappa shape index (κ2) is 12.5. The molecule has 1 aromatic carbocycles. The number of nitrogens with zero attached hydrogens (tertiary/aromatic N) is 2. The van der Waals surface area contributed by atoms with Crippen molar-refractivity contribution in [3.63, 3.8) is 0 Å². The summed E-state index contributed by atoms with van der Waals surface area (Å²) in [5, 5.41) is 1.01. The Hall–Kier alpha value is -3.80. The molecule has 12 heteroatoms. The molecule has 6 fully saturated rings. The molecule has 1 aromatic heterocycles. The van der Waals surface area contributed by atoms with Crippen molar-refractivity contribution in [3.8, 4) is 11.6 Å². The number of pyridine rings is 1. The molecular weight excluding hydrogens is 658 g/mol. The first-order chi connectivity index (χ1) is 23.6. The van der Waals surface area contributed by atoms with Gasteiger partial charge in [-0.15, -0.1) is 6.58 Å². The minimum Gasteiger partial charge on any atom is -0.497 e. The lowest BCUT2D eigenvalue weighted by molar-refractivity contribution is -0.156. The van der Waals surface area contributed by atoms with E-state index in [9.17, 15) is 27.6 Å². The Labute approximate surface area is 293 Å².